The number of nitrogens with one attached hydrogen (secondary N) is 1. The minimum absolute atomic E-state index is 0.109. The molecule has 2 amide bonds. The van der Waals surface area contributed by atoms with E-state index >= 15 is 0 Å². The third kappa shape index (κ3) is 7.78. The van der Waals surface area contributed by atoms with Crippen LogP contribution in [0, 0.1) is 0 Å². The lowest BCUT2D eigenvalue weighted by atomic mass is 10.1. The summed E-state index contributed by atoms with van der Waals surface area (Å²) < 4.78 is 11.4. The predicted octanol–water partition coefficient (Wildman–Crippen LogP) is 6.20. The van der Waals surface area contributed by atoms with Crippen LogP contribution in [-0.2, 0) is 22.6 Å². The monoisotopic (exact) mass is 534 g/mol. The number of benzene rings is 2. The fourth-order valence-electron chi connectivity index (χ4n) is 4.46. The van der Waals surface area contributed by atoms with Crippen LogP contribution in [0.5, 0.6) is 11.5 Å². The van der Waals surface area contributed by atoms with Gasteiger partial charge in [-0.2, -0.15) is 0 Å². The Labute approximate surface area is 224 Å². The van der Waals surface area contributed by atoms with Crippen molar-refractivity contribution in [2.45, 2.75) is 77.9 Å². The average molecular weight is 536 g/mol. The van der Waals surface area contributed by atoms with Crippen LogP contribution in [0.15, 0.2) is 36.4 Å². The first-order valence-electron chi connectivity index (χ1n) is 12.7. The van der Waals surface area contributed by atoms with Crippen molar-refractivity contribution >= 4 is 35.0 Å². The van der Waals surface area contributed by atoms with Gasteiger partial charge in [0.2, 0.25) is 11.8 Å². The van der Waals surface area contributed by atoms with Gasteiger partial charge in [-0.05, 0) is 75.4 Å². The second-order valence-corrected chi connectivity index (χ2v) is 9.90. The van der Waals surface area contributed by atoms with Gasteiger partial charge in [0.15, 0.2) is 11.5 Å². The molecule has 0 heterocycles. The number of halogens is 2. The number of carbonyl (C=O) groups is 2. The van der Waals surface area contributed by atoms with Crippen molar-refractivity contribution in [2.24, 2.45) is 0 Å². The highest BCUT2D eigenvalue weighted by molar-refractivity contribution is 6.42. The molecule has 2 aromatic rings. The van der Waals surface area contributed by atoms with Crippen LogP contribution >= 0.6 is 23.2 Å². The van der Waals surface area contributed by atoms with Gasteiger partial charge >= 0.3 is 0 Å². The van der Waals surface area contributed by atoms with Crippen molar-refractivity contribution in [3.05, 3.63) is 57.6 Å². The molecule has 1 aliphatic rings. The highest BCUT2D eigenvalue weighted by Crippen LogP contribution is 2.29. The molecule has 0 saturated heterocycles. The molecule has 1 saturated carbocycles. The maximum Gasteiger partial charge on any atom is 0.242 e. The number of carbonyl (C=O) groups excluding carboxylic acids is 2. The molecule has 36 heavy (non-hydrogen) atoms. The van der Waals surface area contributed by atoms with Crippen molar-refractivity contribution < 1.29 is 19.1 Å². The van der Waals surface area contributed by atoms with Gasteiger partial charge in [-0.25, -0.2) is 0 Å². The quantitative estimate of drug-likeness (QED) is 0.352. The fourth-order valence-corrected chi connectivity index (χ4v) is 4.78. The molecule has 6 nitrogen and oxygen atoms in total. The number of nitrogens with zero attached hydrogens (tertiary/aromatic N) is 1. The predicted molar refractivity (Wildman–Crippen MR) is 144 cm³/mol. The second kappa shape index (κ2) is 13.8. The smallest absolute Gasteiger partial charge is 0.242 e. The normalized spacial score (nSPS) is 14.4. The number of aryl methyl sites for hydroxylation is 1. The lowest BCUT2D eigenvalue weighted by Gasteiger charge is -2.30. The summed E-state index contributed by atoms with van der Waals surface area (Å²) in [5, 5.41) is 3.99. The van der Waals surface area contributed by atoms with E-state index in [1.165, 1.54) is 0 Å². The molecule has 1 fully saturated rings. The fraction of sp³-hybridized carbons (Fsp3) is 0.500. The Morgan fingerprint density at radius 2 is 1.64 bits per heavy atom. The number of ether oxygens (including phenoxy) is 2. The molecule has 0 unspecified atom stereocenters. The lowest BCUT2D eigenvalue weighted by molar-refractivity contribution is -0.140. The topological polar surface area (TPSA) is 67.9 Å². The van der Waals surface area contributed by atoms with E-state index in [-0.39, 0.29) is 30.8 Å². The van der Waals surface area contributed by atoms with Crippen LogP contribution in [0.2, 0.25) is 10.0 Å². The number of hydrogen-bond acceptors (Lipinski definition) is 4. The molecular weight excluding hydrogens is 499 g/mol. The molecule has 8 heteroatoms. The maximum absolute atomic E-state index is 13.5. The molecule has 0 bridgehead atoms. The Hall–Kier alpha value is -2.44. The zero-order valence-corrected chi connectivity index (χ0v) is 22.8. The van der Waals surface area contributed by atoms with Crippen LogP contribution in [0.3, 0.4) is 0 Å². The summed E-state index contributed by atoms with van der Waals surface area (Å²) in [6.45, 7) is 6.96. The molecular formula is C28H36Cl2N2O4. The van der Waals surface area contributed by atoms with Gasteiger partial charge in [-0.3, -0.25) is 9.59 Å². The Kier molecular flexibility index (Phi) is 10.7. The van der Waals surface area contributed by atoms with E-state index in [0.717, 1.165) is 36.8 Å². The summed E-state index contributed by atoms with van der Waals surface area (Å²) in [5.74, 6) is 1.12. The molecule has 0 spiro atoms. The maximum atomic E-state index is 13.5. The van der Waals surface area contributed by atoms with E-state index in [0.29, 0.717) is 41.2 Å². The first-order valence-corrected chi connectivity index (χ1v) is 13.5. The molecule has 0 aromatic heterocycles. The number of rotatable bonds is 12. The van der Waals surface area contributed by atoms with Gasteiger partial charge in [-0.1, -0.05) is 48.2 Å². The van der Waals surface area contributed by atoms with Crippen LogP contribution in [0.1, 0.15) is 64.0 Å². The van der Waals surface area contributed by atoms with Crippen LogP contribution in [0.25, 0.3) is 0 Å². The van der Waals surface area contributed by atoms with E-state index in [2.05, 4.69) is 5.32 Å². The number of amides is 2. The highest BCUT2D eigenvalue weighted by atomic mass is 35.5. The van der Waals surface area contributed by atoms with Gasteiger partial charge in [-0.15, -0.1) is 0 Å². The standard InChI is InChI=1S/C28H36Cl2N2O4/c1-4-35-25-14-11-20(17-26(25)36-5-2)12-15-27(33)32(18-21-10-13-23(29)24(30)16-21)19(3)28(34)31-22-8-6-7-9-22/h10-11,13-14,16-17,19,22H,4-9,12,15,18H2,1-3H3,(H,31,34)/t19-/m1/s1. The van der Waals surface area contributed by atoms with Crippen LogP contribution in [-0.4, -0.2) is 42.0 Å². The van der Waals surface area contributed by atoms with E-state index in [1.54, 1.807) is 24.0 Å². The van der Waals surface area contributed by atoms with E-state index in [9.17, 15) is 9.59 Å². The summed E-state index contributed by atoms with van der Waals surface area (Å²) >= 11 is 12.3. The first kappa shape index (κ1) is 28.1. The molecule has 0 aliphatic heterocycles. The zero-order chi connectivity index (χ0) is 26.1. The Balaban J connectivity index is 1.74. The minimum Gasteiger partial charge on any atom is -0.490 e. The molecule has 1 aliphatic carbocycles. The van der Waals surface area contributed by atoms with Crippen molar-refractivity contribution in [1.82, 2.24) is 10.2 Å². The lowest BCUT2D eigenvalue weighted by Crippen LogP contribution is -2.49. The van der Waals surface area contributed by atoms with Crippen LogP contribution in [0.4, 0.5) is 0 Å². The molecule has 1 N–H and O–H groups in total. The van der Waals surface area contributed by atoms with Crippen molar-refractivity contribution in [2.75, 3.05) is 13.2 Å². The third-order valence-corrected chi connectivity index (χ3v) is 7.18. The zero-order valence-electron chi connectivity index (χ0n) is 21.3. The molecule has 0 radical (unpaired) electrons. The van der Waals surface area contributed by atoms with E-state index < -0.39 is 6.04 Å². The van der Waals surface area contributed by atoms with E-state index in [1.807, 2.05) is 38.1 Å². The summed E-state index contributed by atoms with van der Waals surface area (Å²) in [5.41, 5.74) is 1.78. The van der Waals surface area contributed by atoms with Crippen LogP contribution < -0.4 is 14.8 Å². The first-order chi connectivity index (χ1) is 17.3. The Bertz CT molecular complexity index is 1040. The Morgan fingerprint density at radius 3 is 2.31 bits per heavy atom. The molecule has 196 valence electrons. The van der Waals surface area contributed by atoms with Gasteiger partial charge in [0, 0.05) is 19.0 Å². The molecule has 1 atom stereocenters. The largest absolute Gasteiger partial charge is 0.490 e. The summed E-state index contributed by atoms with van der Waals surface area (Å²) in [4.78, 5) is 28.2. The third-order valence-electron chi connectivity index (χ3n) is 6.44. The van der Waals surface area contributed by atoms with Gasteiger partial charge in [0.05, 0.1) is 23.3 Å². The SMILES string of the molecule is CCOc1ccc(CCC(=O)N(Cc2ccc(Cl)c(Cl)c2)[C@H](C)C(=O)NC2CCCC2)cc1OCC. The average Bonchev–Trinajstić information content (AvgIpc) is 3.37. The Morgan fingerprint density at radius 1 is 0.972 bits per heavy atom. The van der Waals surface area contributed by atoms with E-state index in [4.69, 9.17) is 32.7 Å². The highest BCUT2D eigenvalue weighted by Gasteiger charge is 2.28. The number of hydrogen-bond donors (Lipinski definition) is 1. The van der Waals surface area contributed by atoms with Crippen molar-refractivity contribution in [3.8, 4) is 11.5 Å². The van der Waals surface area contributed by atoms with Gasteiger partial charge in [0.25, 0.3) is 0 Å². The summed E-state index contributed by atoms with van der Waals surface area (Å²) in [7, 11) is 0. The van der Waals surface area contributed by atoms with Crippen molar-refractivity contribution in [1.29, 1.82) is 0 Å². The van der Waals surface area contributed by atoms with Gasteiger partial charge in [0.1, 0.15) is 6.04 Å². The second-order valence-electron chi connectivity index (χ2n) is 9.08. The molecule has 2 aromatic carbocycles. The molecule has 3 rings (SSSR count). The summed E-state index contributed by atoms with van der Waals surface area (Å²) in [6.07, 6.45) is 4.98. The summed E-state index contributed by atoms with van der Waals surface area (Å²) in [6, 6.07) is 10.6. The van der Waals surface area contributed by atoms with Crippen molar-refractivity contribution in [3.63, 3.8) is 0 Å². The van der Waals surface area contributed by atoms with Gasteiger partial charge < -0.3 is 19.7 Å². The minimum atomic E-state index is -0.619.